The Bertz CT molecular complexity index is 39.9. The fraction of sp³-hybridized carbons (Fsp3) is 1.00. The Morgan fingerprint density at radius 2 is 1.89 bits per heavy atom. The minimum atomic E-state index is -0.801. The molecule has 0 saturated heterocycles. The normalized spacial score (nSPS) is 11.7. The SMILES string of the molecule is CC.CCCC(F)NC. The lowest BCUT2D eigenvalue weighted by Gasteiger charge is -2.00. The van der Waals surface area contributed by atoms with Crippen LogP contribution in [0.2, 0.25) is 0 Å². The molecule has 0 amide bonds. The van der Waals surface area contributed by atoms with Crippen molar-refractivity contribution in [2.24, 2.45) is 0 Å². The zero-order valence-corrected chi connectivity index (χ0v) is 6.87. The fourth-order valence-electron chi connectivity index (χ4n) is 0.398. The summed E-state index contributed by atoms with van der Waals surface area (Å²) in [6, 6.07) is 0. The molecular weight excluding hydrogens is 117 g/mol. The van der Waals surface area contributed by atoms with Crippen molar-refractivity contribution in [1.82, 2.24) is 5.32 Å². The van der Waals surface area contributed by atoms with E-state index in [1.54, 1.807) is 7.05 Å². The zero-order valence-electron chi connectivity index (χ0n) is 6.87. The molecular formula is C7H18FN. The van der Waals surface area contributed by atoms with E-state index in [2.05, 4.69) is 5.32 Å². The highest BCUT2D eigenvalue weighted by Crippen LogP contribution is 1.94. The van der Waals surface area contributed by atoms with Gasteiger partial charge in [0.15, 0.2) is 6.30 Å². The third kappa shape index (κ3) is 11.4. The molecule has 0 bridgehead atoms. The molecule has 58 valence electrons. The summed E-state index contributed by atoms with van der Waals surface area (Å²) in [7, 11) is 1.63. The van der Waals surface area contributed by atoms with Gasteiger partial charge in [0.1, 0.15) is 0 Å². The van der Waals surface area contributed by atoms with Gasteiger partial charge in [-0.1, -0.05) is 27.2 Å². The molecule has 0 fully saturated rings. The number of hydrogen-bond donors (Lipinski definition) is 1. The number of hydrogen-bond acceptors (Lipinski definition) is 1. The first-order chi connectivity index (χ1) is 4.31. The third-order valence-electron chi connectivity index (χ3n) is 0.855. The van der Waals surface area contributed by atoms with Gasteiger partial charge in [-0.2, -0.15) is 0 Å². The van der Waals surface area contributed by atoms with Crippen molar-refractivity contribution in [2.45, 2.75) is 39.9 Å². The Hall–Kier alpha value is -0.110. The maximum atomic E-state index is 12.0. The largest absolute Gasteiger partial charge is 0.291 e. The minimum Gasteiger partial charge on any atom is -0.291 e. The molecule has 0 aliphatic heterocycles. The van der Waals surface area contributed by atoms with Gasteiger partial charge in [0.05, 0.1) is 0 Å². The topological polar surface area (TPSA) is 12.0 Å². The molecule has 2 heteroatoms. The lowest BCUT2D eigenvalue weighted by atomic mass is 10.3. The molecule has 0 aromatic heterocycles. The van der Waals surface area contributed by atoms with Gasteiger partial charge in [0.25, 0.3) is 0 Å². The molecule has 0 radical (unpaired) electrons. The minimum absolute atomic E-state index is 0.622. The van der Waals surface area contributed by atoms with E-state index in [0.717, 1.165) is 6.42 Å². The van der Waals surface area contributed by atoms with Crippen molar-refractivity contribution < 1.29 is 4.39 Å². The molecule has 0 aromatic rings. The monoisotopic (exact) mass is 135 g/mol. The molecule has 1 unspecified atom stereocenters. The summed E-state index contributed by atoms with van der Waals surface area (Å²) in [6.07, 6.45) is 0.725. The molecule has 0 aromatic carbocycles. The van der Waals surface area contributed by atoms with Gasteiger partial charge in [0, 0.05) is 0 Å². The second kappa shape index (κ2) is 10.8. The van der Waals surface area contributed by atoms with Crippen molar-refractivity contribution in [3.8, 4) is 0 Å². The summed E-state index contributed by atoms with van der Waals surface area (Å²) in [6.45, 7) is 5.96. The maximum absolute atomic E-state index is 12.0. The van der Waals surface area contributed by atoms with E-state index in [4.69, 9.17) is 0 Å². The van der Waals surface area contributed by atoms with Crippen LogP contribution in [0.5, 0.6) is 0 Å². The summed E-state index contributed by atoms with van der Waals surface area (Å²) >= 11 is 0. The van der Waals surface area contributed by atoms with E-state index in [0.29, 0.717) is 6.42 Å². The number of halogens is 1. The van der Waals surface area contributed by atoms with Gasteiger partial charge in [-0.3, -0.25) is 5.32 Å². The smallest absolute Gasteiger partial charge is 0.150 e. The van der Waals surface area contributed by atoms with E-state index in [-0.39, 0.29) is 0 Å². The van der Waals surface area contributed by atoms with Crippen LogP contribution in [0.1, 0.15) is 33.6 Å². The highest BCUT2D eigenvalue weighted by atomic mass is 19.1. The quantitative estimate of drug-likeness (QED) is 0.586. The first-order valence-corrected chi connectivity index (χ1v) is 3.62. The average molecular weight is 135 g/mol. The summed E-state index contributed by atoms with van der Waals surface area (Å²) < 4.78 is 12.0. The number of alkyl halides is 1. The molecule has 1 atom stereocenters. The summed E-state index contributed by atoms with van der Waals surface area (Å²) in [5, 5.41) is 2.50. The number of nitrogens with one attached hydrogen (secondary N) is 1. The van der Waals surface area contributed by atoms with Crippen LogP contribution >= 0.6 is 0 Å². The summed E-state index contributed by atoms with van der Waals surface area (Å²) in [5.41, 5.74) is 0. The van der Waals surface area contributed by atoms with Crippen LogP contribution in [0, 0.1) is 0 Å². The second-order valence-corrected chi connectivity index (χ2v) is 1.54. The summed E-state index contributed by atoms with van der Waals surface area (Å²) in [4.78, 5) is 0. The van der Waals surface area contributed by atoms with Gasteiger partial charge in [-0.25, -0.2) is 4.39 Å². The van der Waals surface area contributed by atoms with Crippen LogP contribution in [0.25, 0.3) is 0 Å². The third-order valence-corrected chi connectivity index (χ3v) is 0.855. The maximum Gasteiger partial charge on any atom is 0.150 e. The molecule has 0 heterocycles. The number of rotatable bonds is 3. The van der Waals surface area contributed by atoms with E-state index < -0.39 is 6.30 Å². The summed E-state index contributed by atoms with van der Waals surface area (Å²) in [5.74, 6) is 0. The van der Waals surface area contributed by atoms with Gasteiger partial charge in [-0.05, 0) is 13.5 Å². The van der Waals surface area contributed by atoms with Gasteiger partial charge in [-0.15, -0.1) is 0 Å². The van der Waals surface area contributed by atoms with Crippen LogP contribution in [0.15, 0.2) is 0 Å². The van der Waals surface area contributed by atoms with Crippen molar-refractivity contribution in [3.63, 3.8) is 0 Å². The van der Waals surface area contributed by atoms with Crippen LogP contribution < -0.4 is 5.32 Å². The molecule has 0 saturated carbocycles. The predicted octanol–water partition coefficient (Wildman–Crippen LogP) is 2.33. The fourth-order valence-corrected chi connectivity index (χ4v) is 0.398. The van der Waals surface area contributed by atoms with Crippen LogP contribution in [0.3, 0.4) is 0 Å². The highest BCUT2D eigenvalue weighted by molar-refractivity contribution is 4.44. The van der Waals surface area contributed by atoms with E-state index >= 15 is 0 Å². The van der Waals surface area contributed by atoms with E-state index in [1.807, 2.05) is 20.8 Å². The standard InChI is InChI=1S/C5H12FN.C2H6/c1-3-4-5(6)7-2;1-2/h5,7H,3-4H2,1-2H3;1-2H3. The molecule has 0 aliphatic carbocycles. The van der Waals surface area contributed by atoms with Crippen molar-refractivity contribution >= 4 is 0 Å². The second-order valence-electron chi connectivity index (χ2n) is 1.54. The average Bonchev–Trinajstić information content (AvgIpc) is 1.93. The van der Waals surface area contributed by atoms with Crippen LogP contribution in [0.4, 0.5) is 4.39 Å². The van der Waals surface area contributed by atoms with E-state index in [1.165, 1.54) is 0 Å². The van der Waals surface area contributed by atoms with Crippen molar-refractivity contribution in [2.75, 3.05) is 7.05 Å². The Balaban J connectivity index is 0. The van der Waals surface area contributed by atoms with E-state index in [9.17, 15) is 4.39 Å². The van der Waals surface area contributed by atoms with Crippen molar-refractivity contribution in [1.29, 1.82) is 0 Å². The molecule has 0 aliphatic rings. The molecule has 9 heavy (non-hydrogen) atoms. The first-order valence-electron chi connectivity index (χ1n) is 3.62. The van der Waals surface area contributed by atoms with Crippen LogP contribution in [-0.4, -0.2) is 13.3 Å². The lowest BCUT2D eigenvalue weighted by molar-refractivity contribution is 0.272. The molecule has 1 nitrogen and oxygen atoms in total. The zero-order chi connectivity index (χ0) is 7.70. The lowest BCUT2D eigenvalue weighted by Crippen LogP contribution is -2.18. The Morgan fingerprint density at radius 1 is 1.44 bits per heavy atom. The highest BCUT2D eigenvalue weighted by Gasteiger charge is 1.96. The predicted molar refractivity (Wildman–Crippen MR) is 40.2 cm³/mol. The van der Waals surface area contributed by atoms with Gasteiger partial charge < -0.3 is 0 Å². The van der Waals surface area contributed by atoms with Crippen LogP contribution in [-0.2, 0) is 0 Å². The van der Waals surface area contributed by atoms with Gasteiger partial charge in [0.2, 0.25) is 0 Å². The van der Waals surface area contributed by atoms with Crippen molar-refractivity contribution in [3.05, 3.63) is 0 Å². The molecule has 0 spiro atoms. The Morgan fingerprint density at radius 3 is 2.00 bits per heavy atom. The molecule has 1 N–H and O–H groups in total. The Kier molecular flexibility index (Phi) is 14.0. The Labute approximate surface area is 57.7 Å². The molecule has 0 rings (SSSR count). The van der Waals surface area contributed by atoms with Gasteiger partial charge >= 0.3 is 0 Å². The first kappa shape index (κ1) is 11.7.